The number of rotatable bonds is 6. The van der Waals surface area contributed by atoms with E-state index in [1.54, 1.807) is 7.05 Å². The number of nitrogens with zero attached hydrogens (tertiary/aromatic N) is 1. The molecule has 0 radical (unpaired) electrons. The second kappa shape index (κ2) is 7.63. The molecule has 0 fully saturated rings. The number of hydrogen-bond acceptors (Lipinski definition) is 4. The van der Waals surface area contributed by atoms with Crippen LogP contribution in [0.1, 0.15) is 6.92 Å². The maximum Gasteiger partial charge on any atom is 0.241 e. The van der Waals surface area contributed by atoms with Crippen LogP contribution in [-0.2, 0) is 14.4 Å². The fraction of sp³-hybridized carbons (Fsp3) is 0.667. The average molecular weight is 230 g/mol. The molecule has 3 amide bonds. The van der Waals surface area contributed by atoms with Gasteiger partial charge < -0.3 is 21.3 Å². The third-order valence-electron chi connectivity index (χ3n) is 1.97. The number of likely N-dealkylation sites (N-methyl/N-ethyl adjacent to an activating group) is 1. The normalized spacial score (nSPS) is 9.44. The summed E-state index contributed by atoms with van der Waals surface area (Å²) in [7, 11) is 1.64. The highest BCUT2D eigenvalue weighted by molar-refractivity contribution is 5.88. The van der Waals surface area contributed by atoms with E-state index in [9.17, 15) is 14.4 Å². The first-order valence-electron chi connectivity index (χ1n) is 4.98. The van der Waals surface area contributed by atoms with E-state index in [1.807, 2.05) is 6.92 Å². The topological polar surface area (TPSA) is 105 Å². The molecule has 0 aliphatic heterocycles. The van der Waals surface area contributed by atoms with Gasteiger partial charge in [0, 0.05) is 13.6 Å². The number of carbonyl (C=O) groups is 3. The van der Waals surface area contributed by atoms with Gasteiger partial charge in [0.05, 0.1) is 19.6 Å². The molecule has 7 nitrogen and oxygen atoms in total. The van der Waals surface area contributed by atoms with Crippen molar-refractivity contribution in [2.24, 2.45) is 5.73 Å². The quantitative estimate of drug-likeness (QED) is 0.475. The van der Waals surface area contributed by atoms with Crippen LogP contribution in [0.25, 0.3) is 0 Å². The average Bonchev–Trinajstić information content (AvgIpc) is 2.31. The van der Waals surface area contributed by atoms with Gasteiger partial charge in [0.25, 0.3) is 0 Å². The number of hydrogen-bond donors (Lipinski definition) is 3. The van der Waals surface area contributed by atoms with Crippen molar-refractivity contribution in [2.45, 2.75) is 6.92 Å². The smallest absolute Gasteiger partial charge is 0.241 e. The summed E-state index contributed by atoms with van der Waals surface area (Å²) in [5.74, 6) is -1.01. The van der Waals surface area contributed by atoms with E-state index in [4.69, 9.17) is 5.73 Å². The minimum absolute atomic E-state index is 0.0678. The Kier molecular flexibility index (Phi) is 6.86. The first-order valence-corrected chi connectivity index (χ1v) is 4.98. The Bertz CT molecular complexity index is 267. The second-order valence-electron chi connectivity index (χ2n) is 3.17. The number of nitrogens with two attached hydrogens (primary N) is 1. The third-order valence-corrected chi connectivity index (χ3v) is 1.97. The Morgan fingerprint density at radius 1 is 1.12 bits per heavy atom. The van der Waals surface area contributed by atoms with Gasteiger partial charge in [-0.05, 0) is 6.92 Å². The molecular weight excluding hydrogens is 212 g/mol. The second-order valence-corrected chi connectivity index (χ2v) is 3.17. The van der Waals surface area contributed by atoms with Crippen molar-refractivity contribution < 1.29 is 14.4 Å². The van der Waals surface area contributed by atoms with Gasteiger partial charge in [-0.3, -0.25) is 14.4 Å². The molecule has 0 rings (SSSR count). The Labute approximate surface area is 94.3 Å². The molecule has 7 heteroatoms. The van der Waals surface area contributed by atoms with Crippen LogP contribution in [-0.4, -0.2) is 55.8 Å². The standard InChI is InChI=1S/C9H18N4O3/c1-3-13(2)9(16)6-12-8(15)5-11-7(14)4-10/h3-6,10H2,1-2H3,(H,11,14)(H,12,15). The van der Waals surface area contributed by atoms with Gasteiger partial charge in [-0.1, -0.05) is 0 Å². The van der Waals surface area contributed by atoms with Gasteiger partial charge in [-0.15, -0.1) is 0 Å². The van der Waals surface area contributed by atoms with Crippen molar-refractivity contribution in [1.29, 1.82) is 0 Å². The monoisotopic (exact) mass is 230 g/mol. The van der Waals surface area contributed by atoms with Crippen LogP contribution in [0.4, 0.5) is 0 Å². The molecule has 0 spiro atoms. The number of amides is 3. The van der Waals surface area contributed by atoms with Crippen molar-refractivity contribution in [3.05, 3.63) is 0 Å². The summed E-state index contributed by atoms with van der Waals surface area (Å²) in [5, 5.41) is 4.69. The van der Waals surface area contributed by atoms with Crippen molar-refractivity contribution in [1.82, 2.24) is 15.5 Å². The van der Waals surface area contributed by atoms with E-state index in [0.29, 0.717) is 6.54 Å². The lowest BCUT2D eigenvalue weighted by atomic mass is 10.4. The summed E-state index contributed by atoms with van der Waals surface area (Å²) >= 11 is 0. The summed E-state index contributed by atoms with van der Waals surface area (Å²) < 4.78 is 0. The van der Waals surface area contributed by atoms with Crippen LogP contribution in [0.3, 0.4) is 0 Å². The van der Waals surface area contributed by atoms with Gasteiger partial charge in [0.2, 0.25) is 17.7 Å². The fourth-order valence-corrected chi connectivity index (χ4v) is 0.799. The SMILES string of the molecule is CCN(C)C(=O)CNC(=O)CNC(=O)CN. The number of carbonyl (C=O) groups excluding carboxylic acids is 3. The molecular formula is C9H18N4O3. The molecule has 16 heavy (non-hydrogen) atoms. The van der Waals surface area contributed by atoms with E-state index >= 15 is 0 Å². The molecule has 0 aromatic carbocycles. The molecule has 4 N–H and O–H groups in total. The molecule has 0 heterocycles. The lowest BCUT2D eigenvalue weighted by molar-refractivity contribution is -0.131. The molecule has 0 saturated heterocycles. The van der Waals surface area contributed by atoms with Gasteiger partial charge in [-0.2, -0.15) is 0 Å². The summed E-state index contributed by atoms with van der Waals surface area (Å²) in [6.45, 7) is 2.02. The van der Waals surface area contributed by atoms with E-state index < -0.39 is 11.8 Å². The van der Waals surface area contributed by atoms with Crippen molar-refractivity contribution in [3.63, 3.8) is 0 Å². The molecule has 0 aliphatic rings. The van der Waals surface area contributed by atoms with Crippen molar-refractivity contribution in [3.8, 4) is 0 Å². The van der Waals surface area contributed by atoms with Gasteiger partial charge in [0.15, 0.2) is 0 Å². The zero-order valence-electron chi connectivity index (χ0n) is 9.58. The largest absolute Gasteiger partial charge is 0.346 e. The molecule has 0 bridgehead atoms. The van der Waals surface area contributed by atoms with E-state index in [-0.39, 0.29) is 25.5 Å². The molecule has 0 atom stereocenters. The van der Waals surface area contributed by atoms with E-state index in [2.05, 4.69) is 10.6 Å². The zero-order valence-corrected chi connectivity index (χ0v) is 9.58. The first kappa shape index (κ1) is 14.4. The molecule has 0 saturated carbocycles. The van der Waals surface area contributed by atoms with Gasteiger partial charge in [-0.25, -0.2) is 0 Å². The molecule has 92 valence electrons. The zero-order chi connectivity index (χ0) is 12.6. The Hall–Kier alpha value is -1.63. The Morgan fingerprint density at radius 2 is 1.69 bits per heavy atom. The summed E-state index contributed by atoms with van der Waals surface area (Å²) in [4.78, 5) is 34.6. The minimum Gasteiger partial charge on any atom is -0.346 e. The van der Waals surface area contributed by atoms with Crippen LogP contribution < -0.4 is 16.4 Å². The maximum atomic E-state index is 11.3. The van der Waals surface area contributed by atoms with Crippen molar-refractivity contribution in [2.75, 3.05) is 33.2 Å². The van der Waals surface area contributed by atoms with Crippen LogP contribution in [0.5, 0.6) is 0 Å². The predicted octanol–water partition coefficient (Wildman–Crippen LogP) is -2.34. The van der Waals surface area contributed by atoms with Crippen LogP contribution in [0, 0.1) is 0 Å². The Morgan fingerprint density at radius 3 is 2.19 bits per heavy atom. The highest BCUT2D eigenvalue weighted by Gasteiger charge is 2.09. The predicted molar refractivity (Wildman–Crippen MR) is 58.4 cm³/mol. The van der Waals surface area contributed by atoms with Crippen molar-refractivity contribution >= 4 is 17.7 Å². The lowest BCUT2D eigenvalue weighted by Crippen LogP contribution is -2.43. The summed E-state index contributed by atoms with van der Waals surface area (Å²) in [5.41, 5.74) is 5.03. The van der Waals surface area contributed by atoms with Gasteiger partial charge in [0.1, 0.15) is 0 Å². The first-order chi connectivity index (χ1) is 7.51. The highest BCUT2D eigenvalue weighted by atomic mass is 16.2. The van der Waals surface area contributed by atoms with E-state index in [1.165, 1.54) is 4.90 Å². The van der Waals surface area contributed by atoms with E-state index in [0.717, 1.165) is 0 Å². The maximum absolute atomic E-state index is 11.3. The third kappa shape index (κ3) is 5.97. The Balaban J connectivity index is 3.73. The highest BCUT2D eigenvalue weighted by Crippen LogP contribution is 1.81. The minimum atomic E-state index is -0.417. The molecule has 0 unspecified atom stereocenters. The van der Waals surface area contributed by atoms with Crippen LogP contribution >= 0.6 is 0 Å². The van der Waals surface area contributed by atoms with Gasteiger partial charge >= 0.3 is 0 Å². The number of nitrogens with one attached hydrogen (secondary N) is 2. The molecule has 0 aromatic rings. The fourth-order valence-electron chi connectivity index (χ4n) is 0.799. The molecule has 0 aromatic heterocycles. The summed E-state index contributed by atoms with van der Waals surface area (Å²) in [6, 6.07) is 0. The van der Waals surface area contributed by atoms with Crippen LogP contribution in [0.15, 0.2) is 0 Å². The molecule has 0 aliphatic carbocycles. The van der Waals surface area contributed by atoms with Crippen LogP contribution in [0.2, 0.25) is 0 Å². The summed E-state index contributed by atoms with van der Waals surface area (Å²) in [6.07, 6.45) is 0. The lowest BCUT2D eigenvalue weighted by Gasteiger charge is -2.14.